The summed E-state index contributed by atoms with van der Waals surface area (Å²) in [5.74, 6) is -0.499. The van der Waals surface area contributed by atoms with Crippen molar-refractivity contribution in [3.63, 3.8) is 0 Å². The highest BCUT2D eigenvalue weighted by atomic mass is 32.2. The molecule has 6 nitrogen and oxygen atoms in total. The molecule has 1 N–H and O–H groups in total. The Bertz CT molecular complexity index is 1130. The monoisotopic (exact) mass is 414 g/mol. The molecular formula is C21H19FN2O4S. The summed E-state index contributed by atoms with van der Waals surface area (Å²) in [6, 6.07) is 17.7. The molecule has 0 aromatic heterocycles. The van der Waals surface area contributed by atoms with Crippen molar-refractivity contribution in [1.29, 1.82) is 0 Å². The zero-order valence-corrected chi connectivity index (χ0v) is 16.6. The van der Waals surface area contributed by atoms with E-state index in [0.29, 0.717) is 11.4 Å². The smallest absolute Gasteiger partial charge is 0.264 e. The number of nitrogens with one attached hydrogen (secondary N) is 1. The number of nitrogens with zero attached hydrogens (tertiary/aromatic N) is 1. The molecule has 3 aromatic carbocycles. The molecule has 0 saturated heterocycles. The highest BCUT2D eigenvalue weighted by Crippen LogP contribution is 2.27. The maximum atomic E-state index is 13.5. The van der Waals surface area contributed by atoms with Crippen molar-refractivity contribution in [2.75, 3.05) is 23.8 Å². The second kappa shape index (κ2) is 8.32. The molecule has 8 heteroatoms. The van der Waals surface area contributed by atoms with Crippen molar-refractivity contribution in [3.8, 4) is 5.75 Å². The summed E-state index contributed by atoms with van der Waals surface area (Å²) < 4.78 is 45.4. The van der Waals surface area contributed by atoms with E-state index >= 15 is 0 Å². The second-order valence-corrected chi connectivity index (χ2v) is 8.10. The first-order valence-corrected chi connectivity index (χ1v) is 10.1. The normalized spacial score (nSPS) is 11.0. The van der Waals surface area contributed by atoms with Gasteiger partial charge >= 0.3 is 0 Å². The summed E-state index contributed by atoms with van der Waals surface area (Å²) in [6.45, 7) is 0. The minimum atomic E-state index is -4.06. The molecule has 0 saturated carbocycles. The van der Waals surface area contributed by atoms with Gasteiger partial charge in [-0.1, -0.05) is 18.2 Å². The van der Waals surface area contributed by atoms with Crippen molar-refractivity contribution >= 4 is 27.3 Å². The van der Waals surface area contributed by atoms with Crippen molar-refractivity contribution in [3.05, 3.63) is 84.2 Å². The molecular weight excluding hydrogens is 395 g/mol. The van der Waals surface area contributed by atoms with Gasteiger partial charge in [-0.05, 0) is 54.6 Å². The Kier molecular flexibility index (Phi) is 5.84. The van der Waals surface area contributed by atoms with E-state index in [1.807, 2.05) is 0 Å². The molecule has 0 bridgehead atoms. The van der Waals surface area contributed by atoms with Gasteiger partial charge in [-0.2, -0.15) is 0 Å². The van der Waals surface area contributed by atoms with Gasteiger partial charge in [-0.15, -0.1) is 0 Å². The number of hydrogen-bond acceptors (Lipinski definition) is 4. The van der Waals surface area contributed by atoms with E-state index in [9.17, 15) is 17.6 Å². The summed E-state index contributed by atoms with van der Waals surface area (Å²) >= 11 is 0. The van der Waals surface area contributed by atoms with Crippen molar-refractivity contribution in [2.45, 2.75) is 4.90 Å². The summed E-state index contributed by atoms with van der Waals surface area (Å²) in [4.78, 5) is 12.6. The van der Waals surface area contributed by atoms with Crippen molar-refractivity contribution in [2.24, 2.45) is 0 Å². The van der Waals surface area contributed by atoms with E-state index in [0.717, 1.165) is 16.4 Å². The number of amides is 1. The van der Waals surface area contributed by atoms with Crippen LogP contribution in [0.25, 0.3) is 0 Å². The second-order valence-electron chi connectivity index (χ2n) is 6.13. The third kappa shape index (κ3) is 4.38. The summed E-state index contributed by atoms with van der Waals surface area (Å²) in [6.07, 6.45) is 0. The fraction of sp³-hybridized carbons (Fsp3) is 0.0952. The van der Waals surface area contributed by atoms with Gasteiger partial charge in [0.05, 0.1) is 23.3 Å². The van der Waals surface area contributed by atoms with Gasteiger partial charge in [0, 0.05) is 12.7 Å². The number of anilines is 2. The third-order valence-corrected chi connectivity index (χ3v) is 6.06. The summed E-state index contributed by atoms with van der Waals surface area (Å²) in [5.41, 5.74) is 0.856. The number of sulfonamides is 1. The van der Waals surface area contributed by atoms with Crippen LogP contribution in [-0.2, 0) is 10.0 Å². The number of halogens is 1. The van der Waals surface area contributed by atoms with Gasteiger partial charge in [-0.25, -0.2) is 12.8 Å². The minimum absolute atomic E-state index is 0.158. The zero-order chi connectivity index (χ0) is 21.0. The standard InChI is InChI=1S/C21H19FN2O4S/c1-24(29(26,27)18-7-5-6-15(22)14-18)20-9-4-3-8-19(20)21(25)23-16-10-12-17(28-2)13-11-16/h3-14H,1-2H3,(H,23,25). The molecule has 3 aromatic rings. The minimum Gasteiger partial charge on any atom is -0.497 e. The van der Waals surface area contributed by atoms with Gasteiger partial charge in [0.2, 0.25) is 0 Å². The van der Waals surface area contributed by atoms with Crippen LogP contribution < -0.4 is 14.4 Å². The lowest BCUT2D eigenvalue weighted by Gasteiger charge is -2.22. The first kappa shape index (κ1) is 20.3. The Morgan fingerprint density at radius 3 is 2.34 bits per heavy atom. The van der Waals surface area contributed by atoms with Crippen LogP contribution in [-0.4, -0.2) is 28.5 Å². The molecule has 3 rings (SSSR count). The van der Waals surface area contributed by atoms with Crippen LogP contribution in [0.4, 0.5) is 15.8 Å². The van der Waals surface area contributed by atoms with E-state index in [-0.39, 0.29) is 16.1 Å². The predicted molar refractivity (Wildman–Crippen MR) is 109 cm³/mol. The van der Waals surface area contributed by atoms with Gasteiger partial charge in [0.1, 0.15) is 11.6 Å². The van der Waals surface area contributed by atoms with Crippen LogP contribution in [0.3, 0.4) is 0 Å². The molecule has 150 valence electrons. The Morgan fingerprint density at radius 1 is 1.00 bits per heavy atom. The van der Waals surface area contributed by atoms with Crippen molar-refractivity contribution < 1.29 is 22.3 Å². The average Bonchev–Trinajstić information content (AvgIpc) is 2.73. The predicted octanol–water partition coefficient (Wildman–Crippen LogP) is 3.91. The SMILES string of the molecule is COc1ccc(NC(=O)c2ccccc2N(C)S(=O)(=O)c2cccc(F)c2)cc1. The van der Waals surface area contributed by atoms with Gasteiger partial charge in [0.25, 0.3) is 15.9 Å². The quantitative estimate of drug-likeness (QED) is 0.664. The molecule has 0 radical (unpaired) electrons. The molecule has 0 aliphatic carbocycles. The maximum Gasteiger partial charge on any atom is 0.264 e. The van der Waals surface area contributed by atoms with E-state index in [1.165, 1.54) is 31.3 Å². The van der Waals surface area contributed by atoms with E-state index in [1.54, 1.807) is 43.5 Å². The van der Waals surface area contributed by atoms with E-state index in [2.05, 4.69) is 5.32 Å². The van der Waals surface area contributed by atoms with E-state index in [4.69, 9.17) is 4.74 Å². The van der Waals surface area contributed by atoms with Crippen LogP contribution in [0.2, 0.25) is 0 Å². The number of methoxy groups -OCH3 is 1. The average molecular weight is 414 g/mol. The number of benzene rings is 3. The van der Waals surface area contributed by atoms with Gasteiger partial charge in [-0.3, -0.25) is 9.10 Å². The topological polar surface area (TPSA) is 75.7 Å². The van der Waals surface area contributed by atoms with Crippen LogP contribution in [0.5, 0.6) is 5.75 Å². The molecule has 0 aliphatic heterocycles. The first-order valence-electron chi connectivity index (χ1n) is 8.62. The fourth-order valence-electron chi connectivity index (χ4n) is 2.73. The molecule has 1 amide bonds. The molecule has 0 fully saturated rings. The Hall–Kier alpha value is -3.39. The van der Waals surface area contributed by atoms with Crippen LogP contribution in [0.1, 0.15) is 10.4 Å². The maximum absolute atomic E-state index is 13.5. The number of carbonyl (C=O) groups excluding carboxylic acids is 1. The highest BCUT2D eigenvalue weighted by molar-refractivity contribution is 7.92. The molecule has 0 heterocycles. The largest absolute Gasteiger partial charge is 0.497 e. The highest BCUT2D eigenvalue weighted by Gasteiger charge is 2.25. The Balaban J connectivity index is 1.92. The lowest BCUT2D eigenvalue weighted by Crippen LogP contribution is -2.29. The van der Waals surface area contributed by atoms with Crippen LogP contribution in [0, 0.1) is 5.82 Å². The number of rotatable bonds is 6. The summed E-state index contributed by atoms with van der Waals surface area (Å²) in [5, 5.41) is 2.73. The Morgan fingerprint density at radius 2 is 1.69 bits per heavy atom. The molecule has 0 unspecified atom stereocenters. The van der Waals surface area contributed by atoms with Gasteiger partial charge in [0.15, 0.2) is 0 Å². The third-order valence-electron chi connectivity index (χ3n) is 4.29. The van der Waals surface area contributed by atoms with E-state index < -0.39 is 21.7 Å². The van der Waals surface area contributed by atoms with Crippen LogP contribution >= 0.6 is 0 Å². The molecule has 29 heavy (non-hydrogen) atoms. The number of para-hydroxylation sites is 1. The van der Waals surface area contributed by atoms with Gasteiger partial charge < -0.3 is 10.1 Å². The molecule has 0 spiro atoms. The zero-order valence-electron chi connectivity index (χ0n) is 15.8. The van der Waals surface area contributed by atoms with Crippen molar-refractivity contribution in [1.82, 2.24) is 0 Å². The first-order chi connectivity index (χ1) is 13.8. The molecule has 0 atom stereocenters. The lowest BCUT2D eigenvalue weighted by molar-refractivity contribution is 0.102. The fourth-order valence-corrected chi connectivity index (χ4v) is 3.97. The summed E-state index contributed by atoms with van der Waals surface area (Å²) in [7, 11) is -1.20. The number of hydrogen-bond donors (Lipinski definition) is 1. The lowest BCUT2D eigenvalue weighted by atomic mass is 10.1. The molecule has 0 aliphatic rings. The van der Waals surface area contributed by atoms with Crippen LogP contribution in [0.15, 0.2) is 77.7 Å². The number of carbonyl (C=O) groups is 1. The number of ether oxygens (including phenoxy) is 1. The Labute approximate surface area is 168 Å².